The van der Waals surface area contributed by atoms with Gasteiger partial charge in [0, 0.05) is 13.0 Å². The largest absolute Gasteiger partial charge is 0.480 e. The summed E-state index contributed by atoms with van der Waals surface area (Å²) in [7, 11) is 0. The number of carboxylic acid groups (broad SMARTS) is 1. The fraction of sp³-hybridized carbons (Fsp3) is 0.895. The second kappa shape index (κ2) is 15.8. The Balaban J connectivity index is 3.51. The lowest BCUT2D eigenvalue weighted by Gasteiger charge is -2.19. The molecule has 136 valence electrons. The summed E-state index contributed by atoms with van der Waals surface area (Å²) < 4.78 is 0. The number of unbranched alkanes of at least 4 members (excludes halogenated alkanes) is 10. The van der Waals surface area contributed by atoms with Crippen LogP contribution >= 0.6 is 0 Å². The lowest BCUT2D eigenvalue weighted by atomic mass is 10.1. The fourth-order valence-corrected chi connectivity index (χ4v) is 2.82. The zero-order valence-corrected chi connectivity index (χ0v) is 15.3. The summed E-state index contributed by atoms with van der Waals surface area (Å²) in [5, 5.41) is 8.83. The van der Waals surface area contributed by atoms with Gasteiger partial charge in [0.2, 0.25) is 5.91 Å². The van der Waals surface area contributed by atoms with Crippen LogP contribution in [0.2, 0.25) is 0 Å². The SMILES string of the molecule is CCCCCCCCCCCCCC(=O)N(CCC)CC(=O)O. The summed E-state index contributed by atoms with van der Waals surface area (Å²) >= 11 is 0. The van der Waals surface area contributed by atoms with Crippen LogP contribution in [0.15, 0.2) is 0 Å². The molecule has 0 aliphatic heterocycles. The van der Waals surface area contributed by atoms with Crippen molar-refractivity contribution in [2.45, 2.75) is 97.3 Å². The van der Waals surface area contributed by atoms with Crippen LogP contribution < -0.4 is 0 Å². The molecule has 0 spiro atoms. The third kappa shape index (κ3) is 14.3. The Kier molecular flexibility index (Phi) is 15.1. The first-order valence-electron chi connectivity index (χ1n) is 9.61. The molecule has 1 N–H and O–H groups in total. The average molecular weight is 328 g/mol. The summed E-state index contributed by atoms with van der Waals surface area (Å²) in [6.45, 7) is 4.59. The molecule has 0 aliphatic rings. The molecule has 4 nitrogen and oxygen atoms in total. The number of hydrogen-bond donors (Lipinski definition) is 1. The highest BCUT2D eigenvalue weighted by Crippen LogP contribution is 2.12. The van der Waals surface area contributed by atoms with Crippen LogP contribution in [0.1, 0.15) is 97.3 Å². The van der Waals surface area contributed by atoms with Crippen molar-refractivity contribution in [3.05, 3.63) is 0 Å². The highest BCUT2D eigenvalue weighted by Gasteiger charge is 2.14. The molecule has 0 fully saturated rings. The summed E-state index contributed by atoms with van der Waals surface area (Å²) in [6, 6.07) is 0. The van der Waals surface area contributed by atoms with Gasteiger partial charge in [-0.25, -0.2) is 0 Å². The van der Waals surface area contributed by atoms with E-state index in [9.17, 15) is 9.59 Å². The van der Waals surface area contributed by atoms with Crippen molar-refractivity contribution < 1.29 is 14.7 Å². The third-order valence-electron chi connectivity index (χ3n) is 4.17. The van der Waals surface area contributed by atoms with Crippen molar-refractivity contribution in [1.29, 1.82) is 0 Å². The van der Waals surface area contributed by atoms with E-state index in [1.165, 1.54) is 62.7 Å². The molecule has 0 atom stereocenters. The minimum Gasteiger partial charge on any atom is -0.480 e. The Morgan fingerprint density at radius 3 is 1.65 bits per heavy atom. The molecule has 1 amide bonds. The van der Waals surface area contributed by atoms with Gasteiger partial charge in [0.15, 0.2) is 0 Å². The van der Waals surface area contributed by atoms with Gasteiger partial charge < -0.3 is 10.0 Å². The highest BCUT2D eigenvalue weighted by atomic mass is 16.4. The maximum Gasteiger partial charge on any atom is 0.323 e. The van der Waals surface area contributed by atoms with Crippen LogP contribution in [0.5, 0.6) is 0 Å². The molecule has 0 aliphatic carbocycles. The summed E-state index contributed by atoms with van der Waals surface area (Å²) in [6.07, 6.45) is 15.1. The van der Waals surface area contributed by atoms with Gasteiger partial charge in [-0.1, -0.05) is 78.1 Å². The zero-order valence-electron chi connectivity index (χ0n) is 15.3. The van der Waals surface area contributed by atoms with Gasteiger partial charge in [0.1, 0.15) is 6.54 Å². The molecule has 0 saturated carbocycles. The van der Waals surface area contributed by atoms with E-state index < -0.39 is 5.97 Å². The zero-order chi connectivity index (χ0) is 17.3. The maximum atomic E-state index is 12.0. The van der Waals surface area contributed by atoms with Crippen molar-refractivity contribution in [2.24, 2.45) is 0 Å². The summed E-state index contributed by atoms with van der Waals surface area (Å²) in [4.78, 5) is 24.2. The van der Waals surface area contributed by atoms with Crippen molar-refractivity contribution in [3.8, 4) is 0 Å². The van der Waals surface area contributed by atoms with E-state index in [0.717, 1.165) is 19.3 Å². The fourth-order valence-electron chi connectivity index (χ4n) is 2.82. The number of nitrogens with zero attached hydrogens (tertiary/aromatic N) is 1. The molecule has 0 aromatic carbocycles. The van der Waals surface area contributed by atoms with Crippen molar-refractivity contribution in [2.75, 3.05) is 13.1 Å². The van der Waals surface area contributed by atoms with E-state index in [2.05, 4.69) is 6.92 Å². The van der Waals surface area contributed by atoms with E-state index >= 15 is 0 Å². The van der Waals surface area contributed by atoms with Crippen LogP contribution in [0, 0.1) is 0 Å². The minimum absolute atomic E-state index is 0.00910. The monoisotopic (exact) mass is 327 g/mol. The first kappa shape index (κ1) is 21.9. The smallest absolute Gasteiger partial charge is 0.323 e. The Bertz CT molecular complexity index is 305. The van der Waals surface area contributed by atoms with Gasteiger partial charge in [-0.3, -0.25) is 9.59 Å². The quantitative estimate of drug-likeness (QED) is 0.405. The predicted octanol–water partition coefficient (Wildman–Crippen LogP) is 5.01. The molecule has 0 radical (unpaired) electrons. The molecule has 0 aromatic rings. The number of amides is 1. The molecule has 4 heteroatoms. The van der Waals surface area contributed by atoms with Crippen LogP contribution in [-0.2, 0) is 9.59 Å². The van der Waals surface area contributed by atoms with Crippen molar-refractivity contribution in [3.63, 3.8) is 0 Å². The normalized spacial score (nSPS) is 10.7. The molecule has 0 aromatic heterocycles. The Morgan fingerprint density at radius 2 is 1.22 bits per heavy atom. The molecule has 23 heavy (non-hydrogen) atoms. The van der Waals surface area contributed by atoms with Crippen molar-refractivity contribution in [1.82, 2.24) is 4.90 Å². The number of carbonyl (C=O) groups excluding carboxylic acids is 1. The number of aliphatic carboxylic acids is 1. The molecule has 0 unspecified atom stereocenters. The molecular weight excluding hydrogens is 290 g/mol. The molecule has 0 saturated heterocycles. The average Bonchev–Trinajstić information content (AvgIpc) is 2.51. The first-order chi connectivity index (χ1) is 11.1. The summed E-state index contributed by atoms with van der Waals surface area (Å²) in [5.74, 6) is -0.934. The molecule has 0 bridgehead atoms. The van der Waals surface area contributed by atoms with Gasteiger partial charge >= 0.3 is 5.97 Å². The summed E-state index contributed by atoms with van der Waals surface area (Å²) in [5.41, 5.74) is 0. The number of carboxylic acids is 1. The van der Waals surface area contributed by atoms with Crippen LogP contribution in [0.3, 0.4) is 0 Å². The second-order valence-corrected chi connectivity index (χ2v) is 6.49. The lowest BCUT2D eigenvalue weighted by Crippen LogP contribution is -2.36. The van der Waals surface area contributed by atoms with Crippen LogP contribution in [-0.4, -0.2) is 35.0 Å². The number of rotatable bonds is 16. The maximum absolute atomic E-state index is 12.0. The second-order valence-electron chi connectivity index (χ2n) is 6.49. The van der Waals surface area contributed by atoms with E-state index in [4.69, 9.17) is 5.11 Å². The van der Waals surface area contributed by atoms with Gasteiger partial charge in [-0.15, -0.1) is 0 Å². The van der Waals surface area contributed by atoms with Crippen molar-refractivity contribution >= 4 is 11.9 Å². The van der Waals surface area contributed by atoms with E-state index in [-0.39, 0.29) is 12.5 Å². The van der Waals surface area contributed by atoms with Crippen LogP contribution in [0.4, 0.5) is 0 Å². The van der Waals surface area contributed by atoms with Gasteiger partial charge in [-0.05, 0) is 12.8 Å². The van der Waals surface area contributed by atoms with Gasteiger partial charge in [-0.2, -0.15) is 0 Å². The molecule has 0 rings (SSSR count). The Labute approximate surface area is 142 Å². The lowest BCUT2D eigenvalue weighted by molar-refractivity contribution is -0.144. The van der Waals surface area contributed by atoms with E-state index in [1.807, 2.05) is 6.92 Å². The Morgan fingerprint density at radius 1 is 0.739 bits per heavy atom. The van der Waals surface area contributed by atoms with Gasteiger partial charge in [0.25, 0.3) is 0 Å². The molecular formula is C19H37NO3. The highest BCUT2D eigenvalue weighted by molar-refractivity contribution is 5.81. The standard InChI is InChI=1S/C19H37NO3/c1-3-5-6-7-8-9-10-11-12-13-14-15-18(21)20(16-4-2)17-19(22)23/h3-17H2,1-2H3,(H,22,23). The Hall–Kier alpha value is -1.06. The first-order valence-corrected chi connectivity index (χ1v) is 9.61. The van der Waals surface area contributed by atoms with E-state index in [0.29, 0.717) is 13.0 Å². The minimum atomic E-state index is -0.925. The molecule has 0 heterocycles. The topological polar surface area (TPSA) is 57.6 Å². The predicted molar refractivity (Wildman–Crippen MR) is 95.6 cm³/mol. The number of carbonyl (C=O) groups is 2. The number of hydrogen-bond acceptors (Lipinski definition) is 2. The van der Waals surface area contributed by atoms with Gasteiger partial charge in [0.05, 0.1) is 0 Å². The van der Waals surface area contributed by atoms with E-state index in [1.54, 1.807) is 0 Å². The van der Waals surface area contributed by atoms with Crippen LogP contribution in [0.25, 0.3) is 0 Å². The third-order valence-corrected chi connectivity index (χ3v) is 4.17.